The van der Waals surface area contributed by atoms with Crippen molar-refractivity contribution in [1.82, 2.24) is 5.32 Å². The molecule has 0 aliphatic heterocycles. The van der Waals surface area contributed by atoms with Gasteiger partial charge in [-0.25, -0.2) is 0 Å². The number of nitrogens with one attached hydrogen (secondary N) is 1. The third-order valence-corrected chi connectivity index (χ3v) is 4.69. The molecule has 0 aromatic rings. The second-order valence-corrected chi connectivity index (χ2v) is 5.34. The van der Waals surface area contributed by atoms with Gasteiger partial charge in [0.05, 0.1) is 0 Å². The minimum absolute atomic E-state index is 0.0606. The van der Waals surface area contributed by atoms with Gasteiger partial charge in [0.25, 0.3) is 0 Å². The van der Waals surface area contributed by atoms with E-state index in [1.165, 1.54) is 6.42 Å². The summed E-state index contributed by atoms with van der Waals surface area (Å²) in [5.41, 5.74) is 6.63. The van der Waals surface area contributed by atoms with E-state index in [0.717, 1.165) is 19.4 Å². The van der Waals surface area contributed by atoms with E-state index in [2.05, 4.69) is 39.9 Å². The fourth-order valence-electron chi connectivity index (χ4n) is 2.40. The van der Waals surface area contributed by atoms with E-state index in [-0.39, 0.29) is 11.0 Å². The van der Waals surface area contributed by atoms with E-state index >= 15 is 0 Å². The first kappa shape index (κ1) is 14.9. The molecule has 0 aromatic heterocycles. The van der Waals surface area contributed by atoms with Gasteiger partial charge in [-0.3, -0.25) is 0 Å². The van der Waals surface area contributed by atoms with Crippen molar-refractivity contribution in [3.63, 3.8) is 0 Å². The summed E-state index contributed by atoms with van der Waals surface area (Å²) in [6.07, 6.45) is 3.40. The van der Waals surface area contributed by atoms with Crippen molar-refractivity contribution in [2.24, 2.45) is 17.1 Å². The Bertz CT molecular complexity index is 177. The van der Waals surface area contributed by atoms with Gasteiger partial charge in [-0.15, -0.1) is 0 Å². The number of rotatable bonds is 7. The number of hydrogen-bond donors (Lipinski definition) is 2. The molecule has 0 radical (unpaired) electrons. The summed E-state index contributed by atoms with van der Waals surface area (Å²) in [6.45, 7) is 12.4. The average Bonchev–Trinajstić information content (AvgIpc) is 2.24. The molecule has 0 spiro atoms. The minimum Gasteiger partial charge on any atom is -0.325 e. The second kappa shape index (κ2) is 5.86. The maximum atomic E-state index is 6.46. The molecule has 0 saturated heterocycles. The fourth-order valence-corrected chi connectivity index (χ4v) is 2.40. The maximum Gasteiger partial charge on any atom is 0.0179 e. The molecule has 3 N–H and O–H groups in total. The Kier molecular flexibility index (Phi) is 5.82. The molecule has 0 rings (SSSR count). The maximum absolute atomic E-state index is 6.46. The summed E-state index contributed by atoms with van der Waals surface area (Å²) in [6, 6.07) is 0. The molecule has 2 nitrogen and oxygen atoms in total. The lowest BCUT2D eigenvalue weighted by Crippen LogP contribution is -2.54. The molecule has 15 heavy (non-hydrogen) atoms. The molecule has 0 heterocycles. The lowest BCUT2D eigenvalue weighted by atomic mass is 9.61. The summed E-state index contributed by atoms with van der Waals surface area (Å²) >= 11 is 0. The highest BCUT2D eigenvalue weighted by atomic mass is 14.8. The normalized spacial score (nSPS) is 21.8. The molecule has 0 amide bonds. The van der Waals surface area contributed by atoms with Crippen LogP contribution in [0.5, 0.6) is 0 Å². The van der Waals surface area contributed by atoms with Crippen molar-refractivity contribution in [3.8, 4) is 0 Å². The molecule has 92 valence electrons. The van der Waals surface area contributed by atoms with Crippen LogP contribution in [0.2, 0.25) is 0 Å². The first-order valence-electron chi connectivity index (χ1n) is 6.29. The van der Waals surface area contributed by atoms with Crippen molar-refractivity contribution >= 4 is 0 Å². The van der Waals surface area contributed by atoms with Gasteiger partial charge in [0.1, 0.15) is 0 Å². The molecule has 0 aliphatic carbocycles. The van der Waals surface area contributed by atoms with E-state index in [4.69, 9.17) is 5.73 Å². The topological polar surface area (TPSA) is 38.0 Å². The standard InChI is InChI=1S/C13H30N2/c1-7-12(4,13(5,14)8-2)11(3)9-10-15-6/h11,15H,7-10,14H2,1-6H3. The molecule has 3 unspecified atom stereocenters. The second-order valence-electron chi connectivity index (χ2n) is 5.34. The first-order chi connectivity index (χ1) is 6.85. The highest BCUT2D eigenvalue weighted by molar-refractivity contribution is 4.98. The smallest absolute Gasteiger partial charge is 0.0179 e. The van der Waals surface area contributed by atoms with Gasteiger partial charge in [0.2, 0.25) is 0 Å². The Balaban J connectivity index is 4.68. The van der Waals surface area contributed by atoms with E-state index < -0.39 is 0 Å². The van der Waals surface area contributed by atoms with Crippen LogP contribution in [-0.4, -0.2) is 19.1 Å². The predicted octanol–water partition coefficient (Wildman–Crippen LogP) is 2.78. The van der Waals surface area contributed by atoms with Crippen molar-refractivity contribution in [2.75, 3.05) is 13.6 Å². The lowest BCUT2D eigenvalue weighted by molar-refractivity contribution is 0.0695. The van der Waals surface area contributed by atoms with Crippen LogP contribution in [0.15, 0.2) is 0 Å². The molecule has 0 aromatic carbocycles. The zero-order chi connectivity index (χ0) is 12.1. The van der Waals surface area contributed by atoms with Crippen LogP contribution in [0.3, 0.4) is 0 Å². The van der Waals surface area contributed by atoms with E-state index in [0.29, 0.717) is 5.92 Å². The van der Waals surface area contributed by atoms with Gasteiger partial charge in [0, 0.05) is 5.54 Å². The fraction of sp³-hybridized carbons (Fsp3) is 1.00. The molecular formula is C13H30N2. The van der Waals surface area contributed by atoms with Crippen molar-refractivity contribution in [3.05, 3.63) is 0 Å². The molecule has 0 bridgehead atoms. The van der Waals surface area contributed by atoms with E-state index in [1.54, 1.807) is 0 Å². The monoisotopic (exact) mass is 214 g/mol. The Morgan fingerprint density at radius 2 is 1.73 bits per heavy atom. The average molecular weight is 214 g/mol. The Labute approximate surface area is 96.0 Å². The van der Waals surface area contributed by atoms with Crippen molar-refractivity contribution in [1.29, 1.82) is 0 Å². The molecule has 2 heteroatoms. The lowest BCUT2D eigenvalue weighted by Gasteiger charge is -2.48. The molecule has 0 fully saturated rings. The summed E-state index contributed by atoms with van der Waals surface area (Å²) in [5.74, 6) is 0.657. The summed E-state index contributed by atoms with van der Waals surface area (Å²) in [7, 11) is 2.01. The van der Waals surface area contributed by atoms with Crippen LogP contribution in [-0.2, 0) is 0 Å². The highest BCUT2D eigenvalue weighted by Gasteiger charge is 2.42. The van der Waals surface area contributed by atoms with Gasteiger partial charge in [-0.2, -0.15) is 0 Å². The molecule has 3 atom stereocenters. The number of nitrogens with two attached hydrogens (primary N) is 1. The summed E-state index contributed by atoms with van der Waals surface area (Å²) in [5, 5.41) is 3.22. The van der Waals surface area contributed by atoms with Crippen LogP contribution in [0.25, 0.3) is 0 Å². The van der Waals surface area contributed by atoms with Crippen molar-refractivity contribution in [2.45, 2.75) is 59.4 Å². The Hall–Kier alpha value is -0.0800. The third kappa shape index (κ3) is 3.18. The van der Waals surface area contributed by atoms with Gasteiger partial charge < -0.3 is 11.1 Å². The molecule has 0 aliphatic rings. The van der Waals surface area contributed by atoms with Crippen LogP contribution < -0.4 is 11.1 Å². The van der Waals surface area contributed by atoms with Gasteiger partial charge in [-0.1, -0.05) is 27.7 Å². The van der Waals surface area contributed by atoms with E-state index in [9.17, 15) is 0 Å². The zero-order valence-electron chi connectivity index (χ0n) is 11.5. The third-order valence-electron chi connectivity index (χ3n) is 4.69. The summed E-state index contributed by atoms with van der Waals surface area (Å²) < 4.78 is 0. The van der Waals surface area contributed by atoms with Gasteiger partial charge in [0.15, 0.2) is 0 Å². The SMILES string of the molecule is CCC(C)(N)C(C)(CC)C(C)CCNC. The van der Waals surface area contributed by atoms with Gasteiger partial charge in [-0.05, 0) is 51.1 Å². The highest BCUT2D eigenvalue weighted by Crippen LogP contribution is 2.43. The molecule has 0 saturated carbocycles. The number of hydrogen-bond acceptors (Lipinski definition) is 2. The van der Waals surface area contributed by atoms with Crippen molar-refractivity contribution < 1.29 is 0 Å². The predicted molar refractivity (Wildman–Crippen MR) is 69.0 cm³/mol. The van der Waals surface area contributed by atoms with E-state index in [1.807, 2.05) is 7.05 Å². The van der Waals surface area contributed by atoms with Gasteiger partial charge >= 0.3 is 0 Å². The van der Waals surface area contributed by atoms with Crippen LogP contribution in [0, 0.1) is 11.3 Å². The van der Waals surface area contributed by atoms with Crippen LogP contribution >= 0.6 is 0 Å². The summed E-state index contributed by atoms with van der Waals surface area (Å²) in [4.78, 5) is 0. The Morgan fingerprint density at radius 1 is 1.20 bits per heavy atom. The van der Waals surface area contributed by atoms with Crippen LogP contribution in [0.1, 0.15) is 53.9 Å². The largest absolute Gasteiger partial charge is 0.325 e. The molecular weight excluding hydrogens is 184 g/mol. The zero-order valence-corrected chi connectivity index (χ0v) is 11.5. The van der Waals surface area contributed by atoms with Crippen LogP contribution in [0.4, 0.5) is 0 Å². The Morgan fingerprint density at radius 3 is 2.07 bits per heavy atom. The quantitative estimate of drug-likeness (QED) is 0.684. The first-order valence-corrected chi connectivity index (χ1v) is 6.29. The minimum atomic E-state index is -0.0606.